The van der Waals surface area contributed by atoms with Crippen molar-refractivity contribution in [3.63, 3.8) is 0 Å². The van der Waals surface area contributed by atoms with Crippen LogP contribution in [0, 0.1) is 5.92 Å². The minimum Gasteiger partial charge on any atom is -0.352 e. The number of nitrogens with zero attached hydrogens (tertiary/aromatic N) is 2. The molecule has 2 aliphatic rings. The second kappa shape index (κ2) is 5.88. The Bertz CT molecular complexity index is 519. The molecule has 0 radical (unpaired) electrons. The van der Waals surface area contributed by atoms with Gasteiger partial charge in [0.1, 0.15) is 5.15 Å². The second-order valence-electron chi connectivity index (χ2n) is 5.59. The van der Waals surface area contributed by atoms with Crippen LogP contribution in [0.4, 0.5) is 0 Å². The maximum atomic E-state index is 12.0. The number of carbonyl (C=O) groups is 1. The number of amides is 1. The summed E-state index contributed by atoms with van der Waals surface area (Å²) in [6.45, 7) is 2.98. The van der Waals surface area contributed by atoms with Crippen molar-refractivity contribution in [2.75, 3.05) is 19.6 Å². The molecule has 2 fully saturated rings. The van der Waals surface area contributed by atoms with Crippen molar-refractivity contribution in [2.45, 2.75) is 25.3 Å². The Kier molecular flexibility index (Phi) is 4.15. The Labute approximate surface area is 128 Å². The lowest BCUT2D eigenvalue weighted by atomic mass is 10.1. The van der Waals surface area contributed by atoms with Crippen molar-refractivity contribution in [3.05, 3.63) is 28.0 Å². The Morgan fingerprint density at radius 1 is 1.40 bits per heavy atom. The molecule has 4 nitrogen and oxygen atoms in total. The Morgan fingerprint density at radius 3 is 2.90 bits per heavy atom. The van der Waals surface area contributed by atoms with E-state index in [4.69, 9.17) is 23.2 Å². The minimum atomic E-state index is -0.138. The first-order valence-electron chi connectivity index (χ1n) is 6.97. The van der Waals surface area contributed by atoms with E-state index in [0.29, 0.717) is 23.0 Å². The van der Waals surface area contributed by atoms with Crippen LogP contribution in [0.3, 0.4) is 0 Å². The number of nitrogens with one attached hydrogen (secondary N) is 1. The zero-order valence-electron chi connectivity index (χ0n) is 11.1. The Hall–Kier alpha value is -0.840. The molecular weight excluding hydrogens is 297 g/mol. The third-order valence-electron chi connectivity index (χ3n) is 3.99. The first-order chi connectivity index (χ1) is 9.63. The van der Waals surface area contributed by atoms with E-state index in [1.165, 1.54) is 25.6 Å². The number of likely N-dealkylation sites (tertiary alicyclic amines) is 1. The molecule has 1 saturated heterocycles. The highest BCUT2D eigenvalue weighted by molar-refractivity contribution is 6.41. The highest BCUT2D eigenvalue weighted by Crippen LogP contribution is 2.31. The average molecular weight is 314 g/mol. The van der Waals surface area contributed by atoms with E-state index < -0.39 is 0 Å². The van der Waals surface area contributed by atoms with Crippen molar-refractivity contribution >= 4 is 29.1 Å². The van der Waals surface area contributed by atoms with Crippen LogP contribution in [-0.4, -0.2) is 41.5 Å². The summed E-state index contributed by atoms with van der Waals surface area (Å²) in [4.78, 5) is 18.5. The maximum absolute atomic E-state index is 12.0. The average Bonchev–Trinajstić information content (AvgIpc) is 3.18. The van der Waals surface area contributed by atoms with Crippen LogP contribution in [0.1, 0.15) is 29.6 Å². The van der Waals surface area contributed by atoms with E-state index in [-0.39, 0.29) is 11.1 Å². The lowest BCUT2D eigenvalue weighted by molar-refractivity contribution is 0.0947. The molecule has 1 unspecified atom stereocenters. The fourth-order valence-electron chi connectivity index (χ4n) is 2.69. The number of carbonyl (C=O) groups excluding carboxylic acids is 1. The van der Waals surface area contributed by atoms with Gasteiger partial charge in [0.05, 0.1) is 10.6 Å². The molecule has 108 valence electrons. The van der Waals surface area contributed by atoms with Crippen LogP contribution in [0.5, 0.6) is 0 Å². The molecule has 1 aliphatic heterocycles. The number of pyridine rings is 1. The molecule has 0 spiro atoms. The fraction of sp³-hybridized carbons (Fsp3) is 0.571. The normalized spacial score (nSPS) is 23.0. The van der Waals surface area contributed by atoms with Crippen molar-refractivity contribution in [2.24, 2.45) is 5.92 Å². The Morgan fingerprint density at radius 2 is 2.20 bits per heavy atom. The van der Waals surface area contributed by atoms with Gasteiger partial charge in [-0.15, -0.1) is 0 Å². The minimum absolute atomic E-state index is 0.138. The molecule has 20 heavy (non-hydrogen) atoms. The van der Waals surface area contributed by atoms with Crippen molar-refractivity contribution in [3.8, 4) is 0 Å². The number of hydrogen-bond donors (Lipinski definition) is 1. The van der Waals surface area contributed by atoms with Gasteiger partial charge in [0.2, 0.25) is 0 Å². The lowest BCUT2D eigenvalue weighted by Crippen LogP contribution is -2.31. The summed E-state index contributed by atoms with van der Waals surface area (Å²) >= 11 is 11.6. The van der Waals surface area contributed by atoms with Crippen LogP contribution in [0.15, 0.2) is 12.3 Å². The SMILES string of the molecule is O=C(NCC1CCN(C2CC2)C1)c1cnc(Cl)c(Cl)c1. The standard InChI is InChI=1S/C14H17Cl2N3O/c15-12-5-10(7-17-13(12)16)14(20)18-6-9-3-4-19(8-9)11-1-2-11/h5,7,9,11H,1-4,6,8H2,(H,18,20). The second-order valence-corrected chi connectivity index (χ2v) is 6.35. The predicted molar refractivity (Wildman–Crippen MR) is 79.3 cm³/mol. The molecule has 1 aromatic heterocycles. The molecule has 1 saturated carbocycles. The molecule has 6 heteroatoms. The van der Waals surface area contributed by atoms with Crippen LogP contribution in [0.2, 0.25) is 10.2 Å². The maximum Gasteiger partial charge on any atom is 0.252 e. The van der Waals surface area contributed by atoms with E-state index in [1.54, 1.807) is 6.07 Å². The largest absolute Gasteiger partial charge is 0.352 e. The summed E-state index contributed by atoms with van der Waals surface area (Å²) in [5.41, 5.74) is 0.455. The van der Waals surface area contributed by atoms with E-state index in [0.717, 1.165) is 19.0 Å². The first kappa shape index (κ1) is 14.1. The summed E-state index contributed by atoms with van der Waals surface area (Å²) < 4.78 is 0. The lowest BCUT2D eigenvalue weighted by Gasteiger charge is -2.15. The van der Waals surface area contributed by atoms with Gasteiger partial charge in [-0.1, -0.05) is 23.2 Å². The summed E-state index contributed by atoms with van der Waals surface area (Å²) in [7, 11) is 0. The first-order valence-corrected chi connectivity index (χ1v) is 7.72. The van der Waals surface area contributed by atoms with E-state index in [2.05, 4.69) is 15.2 Å². The van der Waals surface area contributed by atoms with E-state index >= 15 is 0 Å². The zero-order valence-corrected chi connectivity index (χ0v) is 12.6. The van der Waals surface area contributed by atoms with Gasteiger partial charge in [-0.3, -0.25) is 4.79 Å². The molecule has 0 bridgehead atoms. The highest BCUT2D eigenvalue weighted by Gasteiger charge is 2.34. The number of halogens is 2. The van der Waals surface area contributed by atoms with Gasteiger partial charge in [-0.25, -0.2) is 4.98 Å². The van der Waals surface area contributed by atoms with Crippen LogP contribution < -0.4 is 5.32 Å². The van der Waals surface area contributed by atoms with Crippen molar-refractivity contribution in [1.82, 2.24) is 15.2 Å². The molecule has 1 amide bonds. The molecule has 1 aromatic rings. The monoisotopic (exact) mass is 313 g/mol. The number of aromatic nitrogens is 1. The number of hydrogen-bond acceptors (Lipinski definition) is 3. The molecule has 1 N–H and O–H groups in total. The molecule has 1 atom stereocenters. The van der Waals surface area contributed by atoms with Gasteiger partial charge >= 0.3 is 0 Å². The summed E-state index contributed by atoms with van der Waals surface area (Å²) in [6.07, 6.45) is 5.30. The van der Waals surface area contributed by atoms with Gasteiger partial charge in [-0.2, -0.15) is 0 Å². The summed E-state index contributed by atoms with van der Waals surface area (Å²) in [5, 5.41) is 3.49. The summed E-state index contributed by atoms with van der Waals surface area (Å²) in [5.74, 6) is 0.413. The van der Waals surface area contributed by atoms with Gasteiger partial charge in [0.15, 0.2) is 0 Å². The smallest absolute Gasteiger partial charge is 0.252 e. The van der Waals surface area contributed by atoms with Gasteiger partial charge < -0.3 is 10.2 Å². The Balaban J connectivity index is 1.50. The van der Waals surface area contributed by atoms with E-state index in [1.807, 2.05) is 0 Å². The van der Waals surface area contributed by atoms with Crippen LogP contribution >= 0.6 is 23.2 Å². The highest BCUT2D eigenvalue weighted by atomic mass is 35.5. The topological polar surface area (TPSA) is 45.2 Å². The van der Waals surface area contributed by atoms with Crippen molar-refractivity contribution in [1.29, 1.82) is 0 Å². The van der Waals surface area contributed by atoms with Crippen LogP contribution in [0.25, 0.3) is 0 Å². The number of rotatable bonds is 4. The zero-order chi connectivity index (χ0) is 14.1. The summed E-state index contributed by atoms with van der Waals surface area (Å²) in [6, 6.07) is 2.37. The molecule has 0 aromatic carbocycles. The molecule has 2 heterocycles. The third-order valence-corrected chi connectivity index (χ3v) is 4.68. The van der Waals surface area contributed by atoms with Gasteiger partial charge in [0.25, 0.3) is 5.91 Å². The predicted octanol–water partition coefficient (Wildman–Crippen LogP) is 2.60. The molecule has 3 rings (SSSR count). The fourth-order valence-corrected chi connectivity index (χ4v) is 2.95. The van der Waals surface area contributed by atoms with E-state index in [9.17, 15) is 4.79 Å². The van der Waals surface area contributed by atoms with Gasteiger partial charge in [-0.05, 0) is 37.8 Å². The third kappa shape index (κ3) is 3.25. The van der Waals surface area contributed by atoms with Gasteiger partial charge in [0, 0.05) is 25.3 Å². The quantitative estimate of drug-likeness (QED) is 0.869. The molecule has 1 aliphatic carbocycles. The van der Waals surface area contributed by atoms with Crippen molar-refractivity contribution < 1.29 is 4.79 Å². The molecular formula is C14H17Cl2N3O. The van der Waals surface area contributed by atoms with Crippen LogP contribution in [-0.2, 0) is 0 Å².